The number of aliphatic hydroxyl groups excluding tert-OH is 1. The highest BCUT2D eigenvalue weighted by atomic mass is 16.6. The Hall–Kier alpha value is -1.69. The number of Topliss-reactive ketones (excluding diaryl/α,β-unsaturated/α-hetero) is 1. The maximum Gasteiger partial charge on any atom is 0.333 e. The van der Waals surface area contributed by atoms with Gasteiger partial charge in [0.2, 0.25) is 0 Å². The third kappa shape index (κ3) is 3.37. The van der Waals surface area contributed by atoms with E-state index in [0.29, 0.717) is 18.4 Å². The summed E-state index contributed by atoms with van der Waals surface area (Å²) in [4.78, 5) is 38.6. The molecule has 0 aliphatic heterocycles. The van der Waals surface area contributed by atoms with Crippen LogP contribution in [0.1, 0.15) is 68.2 Å². The van der Waals surface area contributed by atoms with E-state index in [9.17, 15) is 19.5 Å². The second kappa shape index (κ2) is 8.02. The smallest absolute Gasteiger partial charge is 0.333 e. The highest BCUT2D eigenvalue weighted by Gasteiger charge is 2.77. The topological polar surface area (TPSA) is 89.9 Å². The van der Waals surface area contributed by atoms with E-state index < -0.39 is 41.1 Å². The molecule has 9 unspecified atom stereocenters. The van der Waals surface area contributed by atoms with Gasteiger partial charge in [0.25, 0.3) is 0 Å². The number of aliphatic hydroxyl groups is 1. The molecule has 4 rings (SSSR count). The molecule has 31 heavy (non-hydrogen) atoms. The Labute approximate surface area is 185 Å². The summed E-state index contributed by atoms with van der Waals surface area (Å²) in [6.45, 7) is 15.1. The third-order valence-electron chi connectivity index (χ3n) is 8.71. The Bertz CT molecular complexity index is 798. The summed E-state index contributed by atoms with van der Waals surface area (Å²) in [6.07, 6.45) is -0.188. The molecule has 1 N–H and O–H groups in total. The summed E-state index contributed by atoms with van der Waals surface area (Å²) in [5, 5.41) is 11.6. The first-order valence-electron chi connectivity index (χ1n) is 11.6. The van der Waals surface area contributed by atoms with Crippen LogP contribution in [0.25, 0.3) is 0 Å². The molecule has 9 atom stereocenters. The average molecular weight is 435 g/mol. The lowest BCUT2D eigenvalue weighted by Crippen LogP contribution is -2.70. The minimum Gasteiger partial charge on any atom is -0.455 e. The van der Waals surface area contributed by atoms with Crippen LogP contribution in [0, 0.1) is 40.4 Å². The molecule has 0 radical (unpaired) electrons. The van der Waals surface area contributed by atoms with Crippen LogP contribution in [0.3, 0.4) is 0 Å². The van der Waals surface area contributed by atoms with E-state index in [1.165, 1.54) is 0 Å². The van der Waals surface area contributed by atoms with Gasteiger partial charge in [-0.05, 0) is 38.0 Å². The van der Waals surface area contributed by atoms with E-state index in [4.69, 9.17) is 9.47 Å². The van der Waals surface area contributed by atoms with E-state index >= 15 is 0 Å². The van der Waals surface area contributed by atoms with Gasteiger partial charge in [0.05, 0.1) is 5.92 Å². The number of carbonyl (C=O) groups is 3. The van der Waals surface area contributed by atoms with Crippen molar-refractivity contribution >= 4 is 17.7 Å². The zero-order chi connectivity index (χ0) is 23.5. The van der Waals surface area contributed by atoms with Crippen LogP contribution < -0.4 is 0 Å². The number of carbonyl (C=O) groups excluding carboxylic acids is 3. The van der Waals surface area contributed by atoms with Crippen LogP contribution in [0.5, 0.6) is 0 Å². The van der Waals surface area contributed by atoms with Crippen molar-refractivity contribution < 1.29 is 29.0 Å². The molecule has 0 amide bonds. The lowest BCUT2D eigenvalue weighted by molar-refractivity contribution is -0.236. The van der Waals surface area contributed by atoms with Gasteiger partial charge in [0, 0.05) is 28.7 Å². The fourth-order valence-corrected chi connectivity index (χ4v) is 6.65. The summed E-state index contributed by atoms with van der Waals surface area (Å²) >= 11 is 0. The van der Waals surface area contributed by atoms with Crippen molar-refractivity contribution in [3.05, 3.63) is 11.6 Å². The summed E-state index contributed by atoms with van der Waals surface area (Å²) in [7, 11) is 0. The van der Waals surface area contributed by atoms with Crippen molar-refractivity contribution in [2.24, 2.45) is 40.4 Å². The standard InChI is InChI=1S/C25H38O6/c1-9-12(3)22(28)30-19-20(27)25(8)16-14(5)11-15(26)17(25)18(16)24(6,7)21(19)31-23(29)13(4)10-2/h10,12,14,16-21,27H,9,11H2,1-8H3. The molecule has 174 valence electrons. The first-order valence-corrected chi connectivity index (χ1v) is 11.6. The lowest BCUT2D eigenvalue weighted by atomic mass is 9.35. The summed E-state index contributed by atoms with van der Waals surface area (Å²) in [5.74, 6) is -1.26. The molecule has 0 saturated heterocycles. The quantitative estimate of drug-likeness (QED) is 0.524. The minimum atomic E-state index is -1.09. The van der Waals surface area contributed by atoms with Gasteiger partial charge in [-0.25, -0.2) is 4.79 Å². The van der Waals surface area contributed by atoms with E-state index in [2.05, 4.69) is 6.92 Å². The SMILES string of the molecule is CC=C(C)C(=O)OC1C(OC(=O)C(C)CC)C(O)C2(C)C3C(=O)CC(C)C2C3C1(C)C. The Morgan fingerprint density at radius 1 is 1.23 bits per heavy atom. The van der Waals surface area contributed by atoms with Crippen molar-refractivity contribution in [3.63, 3.8) is 0 Å². The molecule has 0 aromatic heterocycles. The zero-order valence-electron chi connectivity index (χ0n) is 20.1. The highest BCUT2D eigenvalue weighted by molar-refractivity contribution is 5.88. The molecule has 0 aromatic rings. The Kier molecular flexibility index (Phi) is 6.20. The number of esters is 2. The monoisotopic (exact) mass is 434 g/mol. The van der Waals surface area contributed by atoms with Crippen LogP contribution in [-0.4, -0.2) is 41.1 Å². The molecule has 6 heteroatoms. The molecule has 0 aromatic carbocycles. The molecule has 4 aliphatic rings. The second-order valence-corrected chi connectivity index (χ2v) is 10.8. The summed E-state index contributed by atoms with van der Waals surface area (Å²) in [6, 6.07) is 0. The number of fused-ring (bicyclic) bond motifs is 3. The van der Waals surface area contributed by atoms with Crippen LogP contribution in [-0.2, 0) is 23.9 Å². The molecular weight excluding hydrogens is 396 g/mol. The van der Waals surface area contributed by atoms with Crippen molar-refractivity contribution in [2.75, 3.05) is 0 Å². The van der Waals surface area contributed by atoms with Crippen LogP contribution >= 0.6 is 0 Å². The van der Waals surface area contributed by atoms with Crippen LogP contribution in [0.4, 0.5) is 0 Å². The maximum atomic E-state index is 13.1. The average Bonchev–Trinajstić information content (AvgIpc) is 2.78. The molecule has 4 bridgehead atoms. The number of ether oxygens (including phenoxy) is 2. The van der Waals surface area contributed by atoms with Gasteiger partial charge in [-0.2, -0.15) is 0 Å². The van der Waals surface area contributed by atoms with Gasteiger partial charge < -0.3 is 14.6 Å². The fourth-order valence-electron chi connectivity index (χ4n) is 6.65. The Balaban J connectivity index is 2.10. The maximum absolute atomic E-state index is 13.1. The van der Waals surface area contributed by atoms with Gasteiger partial charge in [-0.15, -0.1) is 0 Å². The number of ketones is 1. The molecular formula is C25H38O6. The van der Waals surface area contributed by atoms with Crippen LogP contribution in [0.2, 0.25) is 0 Å². The van der Waals surface area contributed by atoms with E-state index in [1.807, 2.05) is 27.7 Å². The first-order chi connectivity index (χ1) is 14.3. The van der Waals surface area contributed by atoms with E-state index in [-0.39, 0.29) is 35.4 Å². The normalized spacial score (nSPS) is 42.2. The third-order valence-corrected chi connectivity index (χ3v) is 8.71. The molecule has 4 fully saturated rings. The largest absolute Gasteiger partial charge is 0.455 e. The van der Waals surface area contributed by atoms with Crippen LogP contribution in [0.15, 0.2) is 11.6 Å². The van der Waals surface area contributed by atoms with E-state index in [0.717, 1.165) is 0 Å². The number of allylic oxidation sites excluding steroid dienone is 1. The molecule has 4 saturated carbocycles. The summed E-state index contributed by atoms with van der Waals surface area (Å²) in [5.41, 5.74) is -0.904. The van der Waals surface area contributed by atoms with Gasteiger partial charge in [0.1, 0.15) is 18.0 Å². The Morgan fingerprint density at radius 3 is 2.35 bits per heavy atom. The van der Waals surface area contributed by atoms with Gasteiger partial charge in [-0.3, -0.25) is 9.59 Å². The second-order valence-electron chi connectivity index (χ2n) is 10.8. The number of hydrogen-bond acceptors (Lipinski definition) is 6. The highest BCUT2D eigenvalue weighted by Crippen LogP contribution is 2.72. The number of hydrogen-bond donors (Lipinski definition) is 1. The van der Waals surface area contributed by atoms with Gasteiger partial charge in [-0.1, -0.05) is 47.6 Å². The van der Waals surface area contributed by atoms with Crippen molar-refractivity contribution in [3.8, 4) is 0 Å². The van der Waals surface area contributed by atoms with E-state index in [1.54, 1.807) is 26.8 Å². The van der Waals surface area contributed by atoms with Crippen molar-refractivity contribution in [1.29, 1.82) is 0 Å². The molecule has 0 spiro atoms. The van der Waals surface area contributed by atoms with Gasteiger partial charge in [0.15, 0.2) is 6.10 Å². The summed E-state index contributed by atoms with van der Waals surface area (Å²) < 4.78 is 11.9. The Morgan fingerprint density at radius 2 is 1.84 bits per heavy atom. The zero-order valence-corrected chi connectivity index (χ0v) is 20.1. The molecule has 6 nitrogen and oxygen atoms in total. The molecule has 4 aliphatic carbocycles. The predicted octanol–water partition coefficient (Wildman–Crippen LogP) is 3.70. The minimum absolute atomic E-state index is 0.0422. The van der Waals surface area contributed by atoms with Crippen molar-refractivity contribution in [2.45, 2.75) is 86.5 Å². The van der Waals surface area contributed by atoms with Gasteiger partial charge >= 0.3 is 11.9 Å². The first kappa shape index (κ1) is 24.0. The lowest BCUT2D eigenvalue weighted by Gasteiger charge is -2.68. The number of rotatable bonds is 5. The predicted molar refractivity (Wildman–Crippen MR) is 116 cm³/mol. The molecule has 0 heterocycles. The fraction of sp³-hybridized carbons (Fsp3) is 0.800. The van der Waals surface area contributed by atoms with Crippen molar-refractivity contribution in [1.82, 2.24) is 0 Å².